The Morgan fingerprint density at radius 1 is 1.22 bits per heavy atom. The Morgan fingerprint density at radius 2 is 2.07 bits per heavy atom. The number of aromatic nitrogens is 3. The summed E-state index contributed by atoms with van der Waals surface area (Å²) in [5.41, 5.74) is 4.04. The van der Waals surface area contributed by atoms with E-state index in [-0.39, 0.29) is 0 Å². The normalized spacial score (nSPS) is 14.7. The molecule has 1 aliphatic rings. The van der Waals surface area contributed by atoms with E-state index in [2.05, 4.69) is 32.2 Å². The zero-order valence-electron chi connectivity index (χ0n) is 15.2. The average molecular weight is 359 g/mol. The number of aromatic amines is 1. The Bertz CT molecular complexity index is 966. The van der Waals surface area contributed by atoms with E-state index in [1.54, 1.807) is 19.4 Å². The van der Waals surface area contributed by atoms with Gasteiger partial charge < -0.3 is 9.64 Å². The van der Waals surface area contributed by atoms with Gasteiger partial charge in [-0.25, -0.2) is 4.98 Å². The lowest BCUT2D eigenvalue weighted by atomic mass is 9.89. The van der Waals surface area contributed by atoms with Crippen LogP contribution >= 0.6 is 0 Å². The summed E-state index contributed by atoms with van der Waals surface area (Å²) in [5, 5.41) is 16.8. The van der Waals surface area contributed by atoms with Crippen LogP contribution in [0.3, 0.4) is 0 Å². The fourth-order valence-corrected chi connectivity index (χ4v) is 3.74. The summed E-state index contributed by atoms with van der Waals surface area (Å²) in [6.45, 7) is 1.74. The minimum absolute atomic E-state index is 0.402. The molecule has 2 aromatic heterocycles. The van der Waals surface area contributed by atoms with Crippen molar-refractivity contribution in [2.45, 2.75) is 18.8 Å². The minimum Gasteiger partial charge on any atom is -0.497 e. The fraction of sp³-hybridized carbons (Fsp3) is 0.286. The number of hydrogen-bond acceptors (Lipinski definition) is 5. The third-order valence-corrected chi connectivity index (χ3v) is 5.16. The van der Waals surface area contributed by atoms with Gasteiger partial charge in [0.15, 0.2) is 0 Å². The first-order chi connectivity index (χ1) is 13.3. The summed E-state index contributed by atoms with van der Waals surface area (Å²) < 4.78 is 5.35. The highest BCUT2D eigenvalue weighted by atomic mass is 16.5. The SMILES string of the molecule is COc1cccc(-c2cn[nH]c2C2CCN(c3ncccc3C#N)CC2)c1. The van der Waals surface area contributed by atoms with Gasteiger partial charge in [-0.2, -0.15) is 10.4 Å². The van der Waals surface area contributed by atoms with Crippen molar-refractivity contribution in [3.05, 3.63) is 60.0 Å². The molecule has 27 heavy (non-hydrogen) atoms. The summed E-state index contributed by atoms with van der Waals surface area (Å²) in [4.78, 5) is 6.62. The highest BCUT2D eigenvalue weighted by Gasteiger charge is 2.26. The fourth-order valence-electron chi connectivity index (χ4n) is 3.74. The second kappa shape index (κ2) is 7.50. The van der Waals surface area contributed by atoms with E-state index < -0.39 is 0 Å². The summed E-state index contributed by atoms with van der Waals surface area (Å²) in [6, 6.07) is 13.9. The summed E-state index contributed by atoms with van der Waals surface area (Å²) in [5.74, 6) is 2.03. The summed E-state index contributed by atoms with van der Waals surface area (Å²) >= 11 is 0. The zero-order chi connectivity index (χ0) is 18.6. The van der Waals surface area contributed by atoms with E-state index in [4.69, 9.17) is 4.74 Å². The van der Waals surface area contributed by atoms with Crippen LogP contribution < -0.4 is 9.64 Å². The van der Waals surface area contributed by atoms with Crippen LogP contribution in [0.2, 0.25) is 0 Å². The lowest BCUT2D eigenvalue weighted by molar-refractivity contribution is 0.415. The van der Waals surface area contributed by atoms with Crippen LogP contribution in [0.25, 0.3) is 11.1 Å². The standard InChI is InChI=1S/C21H21N5O/c1-27-18-6-2-4-16(12-18)19-14-24-25-20(19)15-7-10-26(11-8-15)21-17(13-22)5-3-9-23-21/h2-6,9,12,14-15H,7-8,10-11H2,1H3,(H,24,25). The van der Waals surface area contributed by atoms with Crippen molar-refractivity contribution in [3.8, 4) is 22.9 Å². The van der Waals surface area contributed by atoms with Crippen molar-refractivity contribution in [1.29, 1.82) is 5.26 Å². The van der Waals surface area contributed by atoms with Crippen LogP contribution in [0.4, 0.5) is 5.82 Å². The topological polar surface area (TPSA) is 77.8 Å². The molecule has 1 aliphatic heterocycles. The third-order valence-electron chi connectivity index (χ3n) is 5.16. The second-order valence-electron chi connectivity index (χ2n) is 6.68. The molecule has 0 saturated carbocycles. The van der Waals surface area contributed by atoms with Gasteiger partial charge in [-0.3, -0.25) is 5.10 Å². The van der Waals surface area contributed by atoms with Crippen LogP contribution in [0, 0.1) is 11.3 Å². The molecule has 136 valence electrons. The molecule has 1 N–H and O–H groups in total. The summed E-state index contributed by atoms with van der Waals surface area (Å²) in [6.07, 6.45) is 5.61. The number of pyridine rings is 1. The van der Waals surface area contributed by atoms with E-state index in [0.29, 0.717) is 11.5 Å². The van der Waals surface area contributed by atoms with Crippen LogP contribution in [0.15, 0.2) is 48.8 Å². The number of anilines is 1. The quantitative estimate of drug-likeness (QED) is 0.768. The number of hydrogen-bond donors (Lipinski definition) is 1. The lowest BCUT2D eigenvalue weighted by Gasteiger charge is -2.33. The van der Waals surface area contributed by atoms with Crippen LogP contribution in [0.5, 0.6) is 5.75 Å². The predicted molar refractivity (Wildman–Crippen MR) is 104 cm³/mol. The molecule has 3 aromatic rings. The molecule has 0 radical (unpaired) electrons. The number of nitrogens with zero attached hydrogens (tertiary/aromatic N) is 4. The Hall–Kier alpha value is -3.33. The van der Waals surface area contributed by atoms with Gasteiger partial charge in [-0.1, -0.05) is 12.1 Å². The van der Waals surface area contributed by atoms with Crippen molar-refractivity contribution in [1.82, 2.24) is 15.2 Å². The van der Waals surface area contributed by atoms with Gasteiger partial charge in [0.25, 0.3) is 0 Å². The molecule has 0 spiro atoms. The van der Waals surface area contributed by atoms with Crippen LogP contribution in [-0.2, 0) is 0 Å². The maximum atomic E-state index is 9.32. The predicted octanol–water partition coefficient (Wildman–Crippen LogP) is 3.74. The molecule has 0 atom stereocenters. The van der Waals surface area contributed by atoms with Gasteiger partial charge >= 0.3 is 0 Å². The molecule has 4 rings (SSSR count). The molecule has 0 amide bonds. The van der Waals surface area contributed by atoms with E-state index in [0.717, 1.165) is 48.6 Å². The first kappa shape index (κ1) is 17.1. The number of rotatable bonds is 4. The molecule has 0 unspecified atom stereocenters. The highest BCUT2D eigenvalue weighted by molar-refractivity contribution is 5.67. The highest BCUT2D eigenvalue weighted by Crippen LogP contribution is 2.36. The van der Waals surface area contributed by atoms with Crippen molar-refractivity contribution in [2.24, 2.45) is 0 Å². The number of benzene rings is 1. The van der Waals surface area contributed by atoms with Gasteiger partial charge in [0.1, 0.15) is 17.6 Å². The van der Waals surface area contributed by atoms with Gasteiger partial charge in [-0.15, -0.1) is 0 Å². The van der Waals surface area contributed by atoms with Crippen molar-refractivity contribution in [3.63, 3.8) is 0 Å². The van der Waals surface area contributed by atoms with Crippen molar-refractivity contribution in [2.75, 3.05) is 25.1 Å². The maximum absolute atomic E-state index is 9.32. The smallest absolute Gasteiger partial charge is 0.146 e. The number of nitriles is 1. The monoisotopic (exact) mass is 359 g/mol. The maximum Gasteiger partial charge on any atom is 0.146 e. The molecule has 1 saturated heterocycles. The Balaban J connectivity index is 1.53. The molecule has 3 heterocycles. The zero-order valence-corrected chi connectivity index (χ0v) is 15.2. The number of piperidine rings is 1. The second-order valence-corrected chi connectivity index (χ2v) is 6.68. The van der Waals surface area contributed by atoms with Gasteiger partial charge in [0.2, 0.25) is 0 Å². The minimum atomic E-state index is 0.402. The van der Waals surface area contributed by atoms with Gasteiger partial charge in [-0.05, 0) is 42.7 Å². The number of H-pyrrole nitrogens is 1. The molecule has 1 fully saturated rings. The first-order valence-corrected chi connectivity index (χ1v) is 9.08. The van der Waals surface area contributed by atoms with Crippen LogP contribution in [0.1, 0.15) is 30.0 Å². The van der Waals surface area contributed by atoms with Crippen LogP contribution in [-0.4, -0.2) is 35.4 Å². The summed E-state index contributed by atoms with van der Waals surface area (Å²) in [7, 11) is 1.68. The van der Waals surface area contributed by atoms with Gasteiger partial charge in [0, 0.05) is 36.5 Å². The van der Waals surface area contributed by atoms with Crippen molar-refractivity contribution >= 4 is 5.82 Å². The largest absolute Gasteiger partial charge is 0.497 e. The Kier molecular flexibility index (Phi) is 4.75. The molecule has 0 aliphatic carbocycles. The molecule has 6 heteroatoms. The molecular formula is C21H21N5O. The molecular weight excluding hydrogens is 338 g/mol. The lowest BCUT2D eigenvalue weighted by Crippen LogP contribution is -2.34. The van der Waals surface area contributed by atoms with Crippen molar-refractivity contribution < 1.29 is 4.74 Å². The Labute approximate surface area is 158 Å². The van der Waals surface area contributed by atoms with Gasteiger partial charge in [0.05, 0.1) is 18.9 Å². The number of ether oxygens (including phenoxy) is 1. The number of nitrogens with one attached hydrogen (secondary N) is 1. The van der Waals surface area contributed by atoms with E-state index in [9.17, 15) is 5.26 Å². The number of methoxy groups -OCH3 is 1. The third kappa shape index (κ3) is 3.36. The van der Waals surface area contributed by atoms with E-state index in [1.807, 2.05) is 30.5 Å². The molecule has 0 bridgehead atoms. The average Bonchev–Trinajstić information content (AvgIpc) is 3.24. The molecule has 1 aromatic carbocycles. The first-order valence-electron chi connectivity index (χ1n) is 9.08. The molecule has 6 nitrogen and oxygen atoms in total. The van der Waals surface area contributed by atoms with E-state index >= 15 is 0 Å². The van der Waals surface area contributed by atoms with E-state index in [1.165, 1.54) is 5.69 Å². The Morgan fingerprint density at radius 3 is 2.85 bits per heavy atom.